The maximum absolute atomic E-state index is 9.17. The smallest absolute Gasteiger partial charge is 0.0589 e. The van der Waals surface area contributed by atoms with Crippen molar-refractivity contribution in [2.45, 2.75) is 25.9 Å². The van der Waals surface area contributed by atoms with Crippen LogP contribution in [0.2, 0.25) is 0 Å². The lowest BCUT2D eigenvalue weighted by atomic mass is 10.2. The third-order valence-corrected chi connectivity index (χ3v) is 2.15. The van der Waals surface area contributed by atoms with Crippen molar-refractivity contribution in [2.75, 3.05) is 39.9 Å². The minimum Gasteiger partial charge on any atom is -0.393 e. The molecule has 0 saturated carbocycles. The Balaban J connectivity index is 3.60. The van der Waals surface area contributed by atoms with Crippen LogP contribution in [0.4, 0.5) is 0 Å². The molecule has 0 radical (unpaired) electrons. The van der Waals surface area contributed by atoms with Crippen LogP contribution >= 0.6 is 0 Å². The Labute approximate surface area is 87.0 Å². The van der Waals surface area contributed by atoms with E-state index in [0.29, 0.717) is 0 Å². The first-order chi connectivity index (χ1) is 6.70. The highest BCUT2D eigenvalue weighted by Crippen LogP contribution is 1.97. The van der Waals surface area contributed by atoms with Gasteiger partial charge in [-0.25, -0.2) is 0 Å². The second-order valence-electron chi connectivity index (χ2n) is 3.61. The number of aliphatic hydroxyl groups is 1. The van der Waals surface area contributed by atoms with Crippen LogP contribution in [-0.4, -0.2) is 56.0 Å². The molecule has 0 rings (SSSR count). The van der Waals surface area contributed by atoms with Crippen molar-refractivity contribution in [1.29, 1.82) is 0 Å². The molecule has 0 aliphatic heterocycles. The van der Waals surface area contributed by atoms with Crippen LogP contribution in [0.1, 0.15) is 19.8 Å². The van der Waals surface area contributed by atoms with Crippen molar-refractivity contribution >= 4 is 0 Å². The molecule has 0 aliphatic rings. The molecule has 3 N–H and O–H groups in total. The van der Waals surface area contributed by atoms with Gasteiger partial charge in [0.25, 0.3) is 0 Å². The zero-order valence-corrected chi connectivity index (χ0v) is 9.41. The fourth-order valence-electron chi connectivity index (χ4n) is 1.24. The van der Waals surface area contributed by atoms with Crippen LogP contribution in [0.15, 0.2) is 0 Å². The monoisotopic (exact) mass is 204 g/mol. The lowest BCUT2D eigenvalue weighted by molar-refractivity contribution is 0.123. The van der Waals surface area contributed by atoms with E-state index >= 15 is 0 Å². The molecule has 0 aromatic carbocycles. The van der Waals surface area contributed by atoms with Crippen LogP contribution in [0, 0.1) is 0 Å². The van der Waals surface area contributed by atoms with Crippen molar-refractivity contribution in [3.8, 4) is 0 Å². The molecule has 1 atom stereocenters. The molecule has 0 heterocycles. The second kappa shape index (κ2) is 9.40. The van der Waals surface area contributed by atoms with Crippen molar-refractivity contribution in [3.63, 3.8) is 0 Å². The molecule has 0 spiro atoms. The van der Waals surface area contributed by atoms with Crippen LogP contribution < -0.4 is 5.73 Å². The fraction of sp³-hybridized carbons (Fsp3) is 1.00. The Morgan fingerprint density at radius 2 is 2.07 bits per heavy atom. The zero-order chi connectivity index (χ0) is 10.8. The fourth-order valence-corrected chi connectivity index (χ4v) is 1.24. The minimum absolute atomic E-state index is 0.224. The average Bonchev–Trinajstić information content (AvgIpc) is 2.16. The van der Waals surface area contributed by atoms with E-state index in [1.54, 1.807) is 7.11 Å². The number of hydrogen-bond donors (Lipinski definition) is 2. The van der Waals surface area contributed by atoms with E-state index < -0.39 is 0 Å². The number of rotatable bonds is 9. The molecule has 0 aromatic heterocycles. The van der Waals surface area contributed by atoms with Gasteiger partial charge in [-0.15, -0.1) is 0 Å². The number of ether oxygens (including phenoxy) is 1. The Morgan fingerprint density at radius 3 is 2.57 bits per heavy atom. The molecule has 0 bridgehead atoms. The highest BCUT2D eigenvalue weighted by atomic mass is 16.5. The molecule has 4 heteroatoms. The number of hydrogen-bond acceptors (Lipinski definition) is 4. The topological polar surface area (TPSA) is 58.7 Å². The van der Waals surface area contributed by atoms with E-state index in [1.165, 1.54) is 0 Å². The summed E-state index contributed by atoms with van der Waals surface area (Å²) in [5.74, 6) is 0. The van der Waals surface area contributed by atoms with E-state index in [9.17, 15) is 0 Å². The summed E-state index contributed by atoms with van der Waals surface area (Å²) in [5, 5.41) is 9.17. The predicted molar refractivity (Wildman–Crippen MR) is 58.3 cm³/mol. The van der Waals surface area contributed by atoms with Gasteiger partial charge >= 0.3 is 0 Å². The van der Waals surface area contributed by atoms with Gasteiger partial charge in [-0.3, -0.25) is 0 Å². The maximum Gasteiger partial charge on any atom is 0.0589 e. The first kappa shape index (κ1) is 13.8. The normalized spacial score (nSPS) is 13.5. The standard InChI is InChI=1S/C10H24N2O2/c1-10(13)4-7-12(6-3-5-11)8-9-14-2/h10,13H,3-9,11H2,1-2H3. The molecule has 14 heavy (non-hydrogen) atoms. The Bertz CT molecular complexity index is 113. The van der Waals surface area contributed by atoms with Crippen LogP contribution in [-0.2, 0) is 4.74 Å². The van der Waals surface area contributed by atoms with Gasteiger partial charge in [0, 0.05) is 20.2 Å². The first-order valence-electron chi connectivity index (χ1n) is 5.30. The third-order valence-electron chi connectivity index (χ3n) is 2.15. The van der Waals surface area contributed by atoms with Gasteiger partial charge < -0.3 is 20.5 Å². The summed E-state index contributed by atoms with van der Waals surface area (Å²) in [7, 11) is 1.70. The van der Waals surface area contributed by atoms with Crippen LogP contribution in [0.3, 0.4) is 0 Å². The Hall–Kier alpha value is -0.160. The SMILES string of the molecule is COCCN(CCCN)CCC(C)O. The first-order valence-corrected chi connectivity index (χ1v) is 5.30. The molecule has 0 aliphatic carbocycles. The largest absolute Gasteiger partial charge is 0.393 e. The second-order valence-corrected chi connectivity index (χ2v) is 3.61. The summed E-state index contributed by atoms with van der Waals surface area (Å²) in [6.45, 7) is 6.11. The van der Waals surface area contributed by atoms with Crippen molar-refractivity contribution in [1.82, 2.24) is 4.90 Å². The van der Waals surface area contributed by atoms with Crippen LogP contribution in [0.25, 0.3) is 0 Å². The summed E-state index contributed by atoms with van der Waals surface area (Å²) in [4.78, 5) is 2.28. The molecule has 0 aromatic rings. The highest BCUT2D eigenvalue weighted by molar-refractivity contribution is 4.60. The molecule has 0 amide bonds. The van der Waals surface area contributed by atoms with Crippen molar-refractivity contribution in [3.05, 3.63) is 0 Å². The van der Waals surface area contributed by atoms with Gasteiger partial charge in [0.1, 0.15) is 0 Å². The number of nitrogens with two attached hydrogens (primary N) is 1. The van der Waals surface area contributed by atoms with Crippen LogP contribution in [0.5, 0.6) is 0 Å². The molecule has 0 fully saturated rings. The highest BCUT2D eigenvalue weighted by Gasteiger charge is 2.05. The molecular formula is C10H24N2O2. The number of aliphatic hydroxyl groups excluding tert-OH is 1. The van der Waals surface area contributed by atoms with Gasteiger partial charge in [-0.1, -0.05) is 0 Å². The lowest BCUT2D eigenvalue weighted by Crippen LogP contribution is -2.32. The van der Waals surface area contributed by atoms with Gasteiger partial charge in [-0.2, -0.15) is 0 Å². The maximum atomic E-state index is 9.17. The van der Waals surface area contributed by atoms with Crippen molar-refractivity contribution in [2.24, 2.45) is 5.73 Å². The number of nitrogens with zero attached hydrogens (tertiary/aromatic N) is 1. The average molecular weight is 204 g/mol. The lowest BCUT2D eigenvalue weighted by Gasteiger charge is -2.22. The Kier molecular flexibility index (Phi) is 9.29. The third kappa shape index (κ3) is 8.44. The molecule has 0 saturated heterocycles. The summed E-state index contributed by atoms with van der Waals surface area (Å²) in [5.41, 5.74) is 5.45. The quantitative estimate of drug-likeness (QED) is 0.557. The molecular weight excluding hydrogens is 180 g/mol. The Morgan fingerprint density at radius 1 is 1.36 bits per heavy atom. The van der Waals surface area contributed by atoms with Crippen molar-refractivity contribution < 1.29 is 9.84 Å². The van der Waals surface area contributed by atoms with E-state index in [-0.39, 0.29) is 6.10 Å². The summed E-state index contributed by atoms with van der Waals surface area (Å²) in [6.07, 6.45) is 1.59. The van der Waals surface area contributed by atoms with E-state index in [0.717, 1.165) is 45.6 Å². The van der Waals surface area contributed by atoms with Gasteiger partial charge in [-0.05, 0) is 32.9 Å². The summed E-state index contributed by atoms with van der Waals surface area (Å²) in [6, 6.07) is 0. The number of methoxy groups -OCH3 is 1. The van der Waals surface area contributed by atoms with E-state index in [4.69, 9.17) is 15.6 Å². The van der Waals surface area contributed by atoms with Gasteiger partial charge in [0.2, 0.25) is 0 Å². The summed E-state index contributed by atoms with van der Waals surface area (Å²) >= 11 is 0. The van der Waals surface area contributed by atoms with E-state index in [2.05, 4.69) is 4.90 Å². The molecule has 1 unspecified atom stereocenters. The zero-order valence-electron chi connectivity index (χ0n) is 9.41. The minimum atomic E-state index is -0.224. The van der Waals surface area contributed by atoms with Gasteiger partial charge in [0.05, 0.1) is 12.7 Å². The van der Waals surface area contributed by atoms with E-state index in [1.807, 2.05) is 6.92 Å². The molecule has 4 nitrogen and oxygen atoms in total. The molecule has 86 valence electrons. The van der Waals surface area contributed by atoms with Gasteiger partial charge in [0.15, 0.2) is 0 Å². The summed E-state index contributed by atoms with van der Waals surface area (Å²) < 4.78 is 5.02. The predicted octanol–water partition coefficient (Wildman–Crippen LogP) is 0.0545.